The summed E-state index contributed by atoms with van der Waals surface area (Å²) in [7, 11) is 2.03. The van der Waals surface area contributed by atoms with Gasteiger partial charge in [0.2, 0.25) is 0 Å². The molecule has 3 aromatic rings. The first kappa shape index (κ1) is 14.5. The van der Waals surface area contributed by atoms with Crippen LogP contribution in [0.25, 0.3) is 0 Å². The van der Waals surface area contributed by atoms with E-state index in [9.17, 15) is 0 Å². The van der Waals surface area contributed by atoms with Gasteiger partial charge in [0.1, 0.15) is 11.9 Å². The van der Waals surface area contributed by atoms with E-state index >= 15 is 0 Å². The number of rotatable bonds is 5. The van der Waals surface area contributed by atoms with Gasteiger partial charge < -0.3 is 4.57 Å². The van der Waals surface area contributed by atoms with Crippen molar-refractivity contribution in [3.8, 4) is 0 Å². The third kappa shape index (κ3) is 3.43. The quantitative estimate of drug-likeness (QED) is 0.740. The molecule has 2 aromatic heterocycles. The van der Waals surface area contributed by atoms with Crippen LogP contribution in [0.2, 0.25) is 0 Å². The molecule has 0 bridgehead atoms. The normalized spacial score (nSPS) is 12.5. The van der Waals surface area contributed by atoms with Crippen LogP contribution in [0.15, 0.2) is 58.6 Å². The molecule has 5 heteroatoms. The lowest BCUT2D eigenvalue weighted by Crippen LogP contribution is -2.24. The highest BCUT2D eigenvalue weighted by Crippen LogP contribution is 2.25. The summed E-state index contributed by atoms with van der Waals surface area (Å²) in [5.41, 5.74) is 1.25. The zero-order valence-electron chi connectivity index (χ0n) is 11.7. The van der Waals surface area contributed by atoms with E-state index in [-0.39, 0.29) is 6.04 Å². The molecule has 1 N–H and O–H groups in total. The number of thiophene rings is 1. The van der Waals surface area contributed by atoms with Gasteiger partial charge in [-0.25, -0.2) is 4.98 Å². The molecule has 0 fully saturated rings. The topological polar surface area (TPSA) is 29.9 Å². The van der Waals surface area contributed by atoms with Crippen molar-refractivity contribution in [2.75, 3.05) is 0 Å². The second-order valence-electron chi connectivity index (χ2n) is 4.86. The first-order chi connectivity index (χ1) is 10.2. The van der Waals surface area contributed by atoms with Crippen LogP contribution in [0.4, 0.5) is 0 Å². The zero-order valence-corrected chi connectivity index (χ0v) is 14.1. The van der Waals surface area contributed by atoms with E-state index in [0.717, 1.165) is 16.8 Å². The molecule has 0 amide bonds. The largest absolute Gasteiger partial charge is 0.336 e. The standard InChI is InChI=1S/C16H16BrN3S/c1-20-8-7-18-16(20)15(14-6-3-9-21-14)19-11-12-4-2-5-13(17)10-12/h2-10,15,19H,11H2,1H3. The Balaban J connectivity index is 1.82. The Morgan fingerprint density at radius 1 is 1.33 bits per heavy atom. The third-order valence-electron chi connectivity index (χ3n) is 3.34. The van der Waals surface area contributed by atoms with E-state index in [2.05, 4.69) is 66.5 Å². The molecule has 1 atom stereocenters. The van der Waals surface area contributed by atoms with Crippen molar-refractivity contribution in [2.45, 2.75) is 12.6 Å². The van der Waals surface area contributed by atoms with Crippen LogP contribution in [0.5, 0.6) is 0 Å². The van der Waals surface area contributed by atoms with Gasteiger partial charge in [-0.2, -0.15) is 0 Å². The molecule has 21 heavy (non-hydrogen) atoms. The predicted molar refractivity (Wildman–Crippen MR) is 90.4 cm³/mol. The first-order valence-electron chi connectivity index (χ1n) is 6.72. The van der Waals surface area contributed by atoms with Crippen molar-refractivity contribution < 1.29 is 0 Å². The molecule has 3 nitrogen and oxygen atoms in total. The van der Waals surface area contributed by atoms with Crippen molar-refractivity contribution in [2.24, 2.45) is 7.05 Å². The Morgan fingerprint density at radius 3 is 2.90 bits per heavy atom. The van der Waals surface area contributed by atoms with Gasteiger partial charge in [-0.05, 0) is 29.1 Å². The van der Waals surface area contributed by atoms with E-state index in [1.807, 2.05) is 25.5 Å². The van der Waals surface area contributed by atoms with Gasteiger partial charge in [0.15, 0.2) is 0 Å². The van der Waals surface area contributed by atoms with Gasteiger partial charge in [-0.15, -0.1) is 11.3 Å². The van der Waals surface area contributed by atoms with E-state index in [1.165, 1.54) is 10.4 Å². The lowest BCUT2D eigenvalue weighted by atomic mass is 10.2. The SMILES string of the molecule is Cn1ccnc1C(NCc1cccc(Br)c1)c1cccs1. The Labute approximate surface area is 136 Å². The number of aryl methyl sites for hydroxylation is 1. The minimum atomic E-state index is 0.115. The van der Waals surface area contributed by atoms with Gasteiger partial charge in [-0.1, -0.05) is 34.1 Å². The molecule has 0 aliphatic heterocycles. The summed E-state index contributed by atoms with van der Waals surface area (Å²) in [6, 6.07) is 12.7. The number of hydrogen-bond donors (Lipinski definition) is 1. The number of nitrogens with one attached hydrogen (secondary N) is 1. The first-order valence-corrected chi connectivity index (χ1v) is 8.40. The number of hydrogen-bond acceptors (Lipinski definition) is 3. The molecular formula is C16H16BrN3S. The molecule has 0 radical (unpaired) electrons. The van der Waals surface area contributed by atoms with E-state index in [0.29, 0.717) is 0 Å². The maximum atomic E-state index is 4.50. The summed E-state index contributed by atoms with van der Waals surface area (Å²) in [6.07, 6.45) is 3.83. The van der Waals surface area contributed by atoms with Gasteiger partial charge in [-0.3, -0.25) is 5.32 Å². The van der Waals surface area contributed by atoms with Gasteiger partial charge in [0.25, 0.3) is 0 Å². The van der Waals surface area contributed by atoms with Crippen LogP contribution in [0.1, 0.15) is 22.3 Å². The minimum absolute atomic E-state index is 0.115. The Hall–Kier alpha value is -1.43. The number of benzene rings is 1. The van der Waals surface area contributed by atoms with Crippen LogP contribution in [0.3, 0.4) is 0 Å². The van der Waals surface area contributed by atoms with E-state index in [4.69, 9.17) is 0 Å². The van der Waals surface area contributed by atoms with Crippen molar-refractivity contribution in [1.29, 1.82) is 0 Å². The average Bonchev–Trinajstić information content (AvgIpc) is 3.12. The fourth-order valence-electron chi connectivity index (χ4n) is 2.30. The van der Waals surface area contributed by atoms with Crippen molar-refractivity contribution in [3.63, 3.8) is 0 Å². The van der Waals surface area contributed by atoms with Crippen molar-refractivity contribution >= 4 is 27.3 Å². The molecule has 1 aromatic carbocycles. The maximum Gasteiger partial charge on any atom is 0.131 e. The average molecular weight is 362 g/mol. The molecule has 0 aliphatic carbocycles. The van der Waals surface area contributed by atoms with E-state index in [1.54, 1.807) is 11.3 Å². The number of aromatic nitrogens is 2. The summed E-state index contributed by atoms with van der Waals surface area (Å²) in [6.45, 7) is 0.800. The molecular weight excluding hydrogens is 346 g/mol. The summed E-state index contributed by atoms with van der Waals surface area (Å²) in [5, 5.41) is 5.72. The molecule has 1 unspecified atom stereocenters. The second-order valence-corrected chi connectivity index (χ2v) is 6.75. The third-order valence-corrected chi connectivity index (χ3v) is 4.77. The van der Waals surface area contributed by atoms with Crippen LogP contribution in [-0.4, -0.2) is 9.55 Å². The van der Waals surface area contributed by atoms with Gasteiger partial charge in [0.05, 0.1) is 0 Å². The van der Waals surface area contributed by atoms with Crippen molar-refractivity contribution in [3.05, 3.63) is 74.9 Å². The Bertz CT molecular complexity index is 706. The van der Waals surface area contributed by atoms with Crippen molar-refractivity contribution in [1.82, 2.24) is 14.9 Å². The second kappa shape index (κ2) is 6.56. The lowest BCUT2D eigenvalue weighted by Gasteiger charge is -2.17. The summed E-state index contributed by atoms with van der Waals surface area (Å²) in [5.74, 6) is 1.03. The Morgan fingerprint density at radius 2 is 2.24 bits per heavy atom. The lowest BCUT2D eigenvalue weighted by molar-refractivity contribution is 0.565. The van der Waals surface area contributed by atoms with Crippen LogP contribution < -0.4 is 5.32 Å². The van der Waals surface area contributed by atoms with E-state index < -0.39 is 0 Å². The van der Waals surface area contributed by atoms with Crippen LogP contribution >= 0.6 is 27.3 Å². The van der Waals surface area contributed by atoms with Gasteiger partial charge in [0, 0.05) is 35.3 Å². The fraction of sp³-hybridized carbons (Fsp3) is 0.188. The molecule has 0 aliphatic rings. The highest BCUT2D eigenvalue weighted by molar-refractivity contribution is 9.10. The number of imidazole rings is 1. The predicted octanol–water partition coefficient (Wildman–Crippen LogP) is 4.12. The maximum absolute atomic E-state index is 4.50. The monoisotopic (exact) mass is 361 g/mol. The highest BCUT2D eigenvalue weighted by Gasteiger charge is 2.18. The molecule has 0 saturated carbocycles. The summed E-state index contributed by atoms with van der Waals surface area (Å²) >= 11 is 5.27. The minimum Gasteiger partial charge on any atom is -0.336 e. The van der Waals surface area contributed by atoms with Gasteiger partial charge >= 0.3 is 0 Å². The molecule has 2 heterocycles. The fourth-order valence-corrected chi connectivity index (χ4v) is 3.54. The Kier molecular flexibility index (Phi) is 4.53. The van der Waals surface area contributed by atoms with Crippen LogP contribution in [-0.2, 0) is 13.6 Å². The molecule has 0 spiro atoms. The summed E-state index contributed by atoms with van der Waals surface area (Å²) in [4.78, 5) is 5.78. The molecule has 108 valence electrons. The molecule has 3 rings (SSSR count). The number of halogens is 1. The number of nitrogens with zero attached hydrogens (tertiary/aromatic N) is 2. The summed E-state index contributed by atoms with van der Waals surface area (Å²) < 4.78 is 3.17. The highest BCUT2D eigenvalue weighted by atomic mass is 79.9. The van der Waals surface area contributed by atoms with Crippen LogP contribution in [0, 0.1) is 0 Å². The smallest absolute Gasteiger partial charge is 0.131 e. The molecule has 0 saturated heterocycles. The zero-order chi connectivity index (χ0) is 14.7.